The molecule has 2 N–H and O–H groups in total. The van der Waals surface area contributed by atoms with Crippen LogP contribution in [0.3, 0.4) is 0 Å². The van der Waals surface area contributed by atoms with Crippen LogP contribution in [0.4, 0.5) is 13.2 Å². The summed E-state index contributed by atoms with van der Waals surface area (Å²) in [5.41, 5.74) is 1.36. The van der Waals surface area contributed by atoms with E-state index in [2.05, 4.69) is 4.74 Å². The van der Waals surface area contributed by atoms with Crippen molar-refractivity contribution in [3.8, 4) is 5.75 Å². The van der Waals surface area contributed by atoms with Gasteiger partial charge in [0, 0.05) is 6.54 Å². The van der Waals surface area contributed by atoms with Crippen molar-refractivity contribution >= 4 is 15.9 Å². The number of halogens is 3. The lowest BCUT2D eigenvalue weighted by Gasteiger charge is -2.23. The van der Waals surface area contributed by atoms with Crippen molar-refractivity contribution in [2.75, 3.05) is 19.7 Å². The van der Waals surface area contributed by atoms with Crippen molar-refractivity contribution < 1.29 is 36.3 Å². The average molecular weight is 384 g/mol. The second-order valence-electron chi connectivity index (χ2n) is 5.60. The van der Waals surface area contributed by atoms with Crippen LogP contribution in [-0.4, -0.2) is 49.7 Å². The molecule has 0 fully saturated rings. The zero-order valence-corrected chi connectivity index (χ0v) is 14.4. The zero-order valence-electron chi connectivity index (χ0n) is 13.6. The van der Waals surface area contributed by atoms with E-state index in [1.54, 1.807) is 13.8 Å². The maximum Gasteiger partial charge on any atom is 0.422 e. The molecule has 0 aliphatic heterocycles. The monoisotopic (exact) mass is 384 g/mol. The van der Waals surface area contributed by atoms with Crippen LogP contribution in [0.1, 0.15) is 13.8 Å². The quantitative estimate of drug-likeness (QED) is 0.526. The van der Waals surface area contributed by atoms with Gasteiger partial charge in [0.1, 0.15) is 5.75 Å². The molecular formula is C14H19F3N2O5S. The largest absolute Gasteiger partial charge is 0.484 e. The molecular weight excluding hydrogens is 365 g/mol. The van der Waals surface area contributed by atoms with Crippen LogP contribution in [0.5, 0.6) is 5.75 Å². The van der Waals surface area contributed by atoms with E-state index in [0.717, 1.165) is 28.6 Å². The molecule has 0 radical (unpaired) electrons. The molecule has 0 atom stereocenters. The summed E-state index contributed by atoms with van der Waals surface area (Å²) in [5.74, 6) is -1.15. The zero-order chi connectivity index (χ0) is 19.3. The van der Waals surface area contributed by atoms with Gasteiger partial charge in [0.2, 0.25) is 10.0 Å². The fourth-order valence-electron chi connectivity index (χ4n) is 1.87. The number of carbonyl (C=O) groups excluding carboxylic acids is 1. The Hall–Kier alpha value is -1.85. The molecule has 142 valence electrons. The first-order chi connectivity index (χ1) is 11.5. The minimum absolute atomic E-state index is 0.0160. The lowest BCUT2D eigenvalue weighted by molar-refractivity contribution is -0.153. The number of rotatable bonds is 8. The van der Waals surface area contributed by atoms with Crippen LogP contribution < -0.4 is 10.2 Å². The molecule has 1 rings (SSSR count). The van der Waals surface area contributed by atoms with E-state index in [4.69, 9.17) is 5.21 Å². The Labute approximate surface area is 143 Å². The number of sulfonamides is 1. The summed E-state index contributed by atoms with van der Waals surface area (Å²) in [6, 6.07) is 4.37. The standard InChI is InChI=1S/C14H19F3N2O5S/c1-10(2)7-19(8-13(20)18-21)25(22,23)12-5-3-11(4-6-12)24-9-14(15,16)17/h3-6,10,21H,7-9H2,1-2H3,(H,18,20). The molecule has 0 aliphatic carbocycles. The van der Waals surface area contributed by atoms with Crippen molar-refractivity contribution in [3.05, 3.63) is 24.3 Å². The first kappa shape index (κ1) is 21.2. The molecule has 0 unspecified atom stereocenters. The SMILES string of the molecule is CC(C)CN(CC(=O)NO)S(=O)(=O)c1ccc(OCC(F)(F)F)cc1. The van der Waals surface area contributed by atoms with E-state index in [0.29, 0.717) is 0 Å². The number of nitrogens with one attached hydrogen (secondary N) is 1. The van der Waals surface area contributed by atoms with Gasteiger partial charge in [-0.2, -0.15) is 17.5 Å². The highest BCUT2D eigenvalue weighted by molar-refractivity contribution is 7.89. The van der Waals surface area contributed by atoms with E-state index in [1.165, 1.54) is 5.48 Å². The third-order valence-corrected chi connectivity index (χ3v) is 4.70. The molecule has 0 spiro atoms. The van der Waals surface area contributed by atoms with Crippen LogP contribution in [0.2, 0.25) is 0 Å². The van der Waals surface area contributed by atoms with Gasteiger partial charge in [0.05, 0.1) is 11.4 Å². The molecule has 0 bridgehead atoms. The van der Waals surface area contributed by atoms with Crippen molar-refractivity contribution in [3.63, 3.8) is 0 Å². The molecule has 11 heteroatoms. The summed E-state index contributed by atoms with van der Waals surface area (Å²) in [6.07, 6.45) is -4.50. The van der Waals surface area contributed by atoms with Gasteiger partial charge in [-0.25, -0.2) is 13.9 Å². The van der Waals surface area contributed by atoms with Gasteiger partial charge in [0.25, 0.3) is 5.91 Å². The summed E-state index contributed by atoms with van der Waals surface area (Å²) in [5, 5.41) is 8.59. The second kappa shape index (κ2) is 8.50. The van der Waals surface area contributed by atoms with Crippen molar-refractivity contribution in [1.29, 1.82) is 0 Å². The molecule has 1 amide bonds. The van der Waals surface area contributed by atoms with Gasteiger partial charge < -0.3 is 4.74 Å². The van der Waals surface area contributed by atoms with Gasteiger partial charge in [-0.15, -0.1) is 0 Å². The molecule has 0 saturated heterocycles. The normalized spacial score (nSPS) is 12.5. The summed E-state index contributed by atoms with van der Waals surface area (Å²) in [7, 11) is -4.08. The Morgan fingerprint density at radius 3 is 2.28 bits per heavy atom. The van der Waals surface area contributed by atoms with Crippen LogP contribution >= 0.6 is 0 Å². The van der Waals surface area contributed by atoms with Crippen LogP contribution in [-0.2, 0) is 14.8 Å². The molecule has 0 aliphatic rings. The number of hydroxylamine groups is 1. The third kappa shape index (κ3) is 6.88. The van der Waals surface area contributed by atoms with Gasteiger partial charge >= 0.3 is 6.18 Å². The first-order valence-corrected chi connectivity index (χ1v) is 8.62. The van der Waals surface area contributed by atoms with Gasteiger partial charge in [0.15, 0.2) is 6.61 Å². The Kier molecular flexibility index (Phi) is 7.20. The maximum absolute atomic E-state index is 12.6. The number of hydrogen-bond acceptors (Lipinski definition) is 5. The van der Waals surface area contributed by atoms with Gasteiger partial charge in [-0.1, -0.05) is 13.8 Å². The summed E-state index contributed by atoms with van der Waals surface area (Å²) in [4.78, 5) is 11.1. The van der Waals surface area contributed by atoms with Gasteiger partial charge in [-0.3, -0.25) is 10.0 Å². The van der Waals surface area contributed by atoms with Crippen LogP contribution in [0.15, 0.2) is 29.2 Å². The van der Waals surface area contributed by atoms with Gasteiger partial charge in [-0.05, 0) is 30.2 Å². The highest BCUT2D eigenvalue weighted by Gasteiger charge is 2.29. The highest BCUT2D eigenvalue weighted by Crippen LogP contribution is 2.22. The average Bonchev–Trinajstić information content (AvgIpc) is 2.51. The van der Waals surface area contributed by atoms with Crippen LogP contribution in [0.25, 0.3) is 0 Å². The van der Waals surface area contributed by atoms with Crippen LogP contribution in [0, 0.1) is 5.92 Å². The fourth-order valence-corrected chi connectivity index (χ4v) is 3.43. The predicted molar refractivity (Wildman–Crippen MR) is 81.5 cm³/mol. The summed E-state index contributed by atoms with van der Waals surface area (Å²) in [6.45, 7) is 1.42. The van der Waals surface area contributed by atoms with E-state index in [9.17, 15) is 26.4 Å². The molecule has 0 aromatic heterocycles. The highest BCUT2D eigenvalue weighted by atomic mass is 32.2. The van der Waals surface area contributed by atoms with Crippen molar-refractivity contribution in [1.82, 2.24) is 9.79 Å². The molecule has 1 aromatic carbocycles. The minimum Gasteiger partial charge on any atom is -0.484 e. The third-order valence-electron chi connectivity index (χ3n) is 2.88. The first-order valence-electron chi connectivity index (χ1n) is 7.18. The Balaban J connectivity index is 2.99. The number of ether oxygens (including phenoxy) is 1. The number of benzene rings is 1. The Morgan fingerprint density at radius 2 is 1.84 bits per heavy atom. The van der Waals surface area contributed by atoms with Crippen molar-refractivity contribution in [2.24, 2.45) is 5.92 Å². The van der Waals surface area contributed by atoms with Crippen molar-refractivity contribution in [2.45, 2.75) is 24.9 Å². The van der Waals surface area contributed by atoms with E-state index >= 15 is 0 Å². The summed E-state index contributed by atoms with van der Waals surface area (Å²) < 4.78 is 66.9. The molecule has 0 saturated carbocycles. The smallest absolute Gasteiger partial charge is 0.422 e. The predicted octanol–water partition coefficient (Wildman–Crippen LogP) is 1.78. The number of hydrogen-bond donors (Lipinski definition) is 2. The lowest BCUT2D eigenvalue weighted by Crippen LogP contribution is -2.41. The van der Waals surface area contributed by atoms with E-state index < -0.39 is 35.3 Å². The second-order valence-corrected chi connectivity index (χ2v) is 7.54. The Morgan fingerprint density at radius 1 is 1.28 bits per heavy atom. The van der Waals surface area contributed by atoms with E-state index in [-0.39, 0.29) is 23.1 Å². The number of amides is 1. The number of alkyl halides is 3. The molecule has 0 heterocycles. The maximum atomic E-state index is 12.6. The molecule has 1 aromatic rings. The lowest BCUT2D eigenvalue weighted by atomic mass is 10.2. The minimum atomic E-state index is -4.50. The summed E-state index contributed by atoms with van der Waals surface area (Å²) >= 11 is 0. The molecule has 25 heavy (non-hydrogen) atoms. The Bertz CT molecular complexity index is 675. The number of carbonyl (C=O) groups is 1. The van der Waals surface area contributed by atoms with E-state index in [1.807, 2.05) is 0 Å². The number of nitrogens with zero attached hydrogens (tertiary/aromatic N) is 1. The fraction of sp³-hybridized carbons (Fsp3) is 0.500. The molecule has 7 nitrogen and oxygen atoms in total. The topological polar surface area (TPSA) is 95.9 Å².